The first-order valence-corrected chi connectivity index (χ1v) is 8.67. The number of hydrogen-bond acceptors (Lipinski definition) is 2. The second-order valence-corrected chi connectivity index (χ2v) is 6.83. The third-order valence-electron chi connectivity index (χ3n) is 4.18. The van der Waals surface area contributed by atoms with Gasteiger partial charge < -0.3 is 10.2 Å². The summed E-state index contributed by atoms with van der Waals surface area (Å²) in [6, 6.07) is 15.6. The summed E-state index contributed by atoms with van der Waals surface area (Å²) in [6.45, 7) is 0.989. The van der Waals surface area contributed by atoms with Crippen molar-refractivity contribution in [3.05, 3.63) is 58.3 Å². The topological polar surface area (TPSA) is 27.6 Å². The molecule has 0 saturated heterocycles. The van der Waals surface area contributed by atoms with Gasteiger partial charge in [0, 0.05) is 37.5 Å². The molecule has 5 heteroatoms. The second kappa shape index (κ2) is 8.68. The van der Waals surface area contributed by atoms with Crippen LogP contribution >= 0.6 is 35.3 Å². The smallest absolute Gasteiger partial charge is 0.193 e. The van der Waals surface area contributed by atoms with Gasteiger partial charge in [-0.1, -0.05) is 36.4 Å². The Morgan fingerprint density at radius 2 is 2.04 bits per heavy atom. The van der Waals surface area contributed by atoms with E-state index in [0.717, 1.165) is 18.9 Å². The molecule has 1 fully saturated rings. The molecule has 1 N–H and O–H groups in total. The normalized spacial score (nSPS) is 19.8. The molecule has 1 aromatic carbocycles. The molecule has 0 spiro atoms. The molecule has 0 bridgehead atoms. The minimum Gasteiger partial charge on any atom is -0.353 e. The van der Waals surface area contributed by atoms with E-state index in [-0.39, 0.29) is 24.0 Å². The predicted molar refractivity (Wildman–Crippen MR) is 110 cm³/mol. The molecule has 3 nitrogen and oxygen atoms in total. The molecule has 0 aliphatic heterocycles. The molecule has 1 aliphatic rings. The van der Waals surface area contributed by atoms with Gasteiger partial charge in [-0.05, 0) is 29.9 Å². The van der Waals surface area contributed by atoms with Gasteiger partial charge in [-0.25, -0.2) is 0 Å². The van der Waals surface area contributed by atoms with E-state index in [1.807, 2.05) is 18.4 Å². The van der Waals surface area contributed by atoms with Gasteiger partial charge in [0.25, 0.3) is 0 Å². The predicted octanol–water partition coefficient (Wildman–Crippen LogP) is 3.97. The fourth-order valence-electron chi connectivity index (χ4n) is 2.77. The Morgan fingerprint density at radius 3 is 2.70 bits per heavy atom. The molecule has 23 heavy (non-hydrogen) atoms. The van der Waals surface area contributed by atoms with Crippen molar-refractivity contribution in [1.82, 2.24) is 10.2 Å². The number of rotatable bonds is 5. The second-order valence-electron chi connectivity index (χ2n) is 5.80. The van der Waals surface area contributed by atoms with E-state index in [9.17, 15) is 0 Å². The van der Waals surface area contributed by atoms with E-state index in [2.05, 4.69) is 70.1 Å². The quantitative estimate of drug-likeness (QED) is 0.432. The molecule has 1 aromatic heterocycles. The van der Waals surface area contributed by atoms with Crippen LogP contribution in [-0.4, -0.2) is 37.5 Å². The van der Waals surface area contributed by atoms with E-state index in [0.29, 0.717) is 12.0 Å². The molecule has 1 saturated carbocycles. The molecule has 3 rings (SSSR count). The maximum atomic E-state index is 4.43. The van der Waals surface area contributed by atoms with Crippen molar-refractivity contribution in [2.24, 2.45) is 4.99 Å². The number of likely N-dealkylation sites (N-methyl/N-ethyl adjacent to an activating group) is 1. The zero-order valence-electron chi connectivity index (χ0n) is 13.6. The minimum atomic E-state index is 0. The van der Waals surface area contributed by atoms with Crippen LogP contribution in [0.15, 0.2) is 52.8 Å². The van der Waals surface area contributed by atoms with Gasteiger partial charge >= 0.3 is 0 Å². The van der Waals surface area contributed by atoms with Crippen LogP contribution in [-0.2, 0) is 6.42 Å². The summed E-state index contributed by atoms with van der Waals surface area (Å²) in [6.07, 6.45) is 2.27. The van der Waals surface area contributed by atoms with Crippen molar-refractivity contribution in [3.8, 4) is 0 Å². The number of guanidine groups is 1. The van der Waals surface area contributed by atoms with Gasteiger partial charge in [0.15, 0.2) is 5.96 Å². The van der Waals surface area contributed by atoms with Gasteiger partial charge in [0.05, 0.1) is 0 Å². The number of nitrogens with zero attached hydrogens (tertiary/aromatic N) is 2. The van der Waals surface area contributed by atoms with Gasteiger partial charge in [-0.2, -0.15) is 0 Å². The fourth-order valence-corrected chi connectivity index (χ4v) is 3.47. The summed E-state index contributed by atoms with van der Waals surface area (Å²) in [4.78, 5) is 8.08. The summed E-state index contributed by atoms with van der Waals surface area (Å²) < 4.78 is 0. The SMILES string of the molecule is CN=C(NC1CC1c1ccccc1)N(C)CCc1cccs1.I. The summed E-state index contributed by atoms with van der Waals surface area (Å²) in [5, 5.41) is 5.73. The Balaban J connectivity index is 0.00000192. The maximum Gasteiger partial charge on any atom is 0.193 e. The van der Waals surface area contributed by atoms with Crippen LogP contribution in [0.4, 0.5) is 0 Å². The molecule has 0 radical (unpaired) electrons. The number of aliphatic imine (C=N–C) groups is 1. The zero-order valence-corrected chi connectivity index (χ0v) is 16.8. The Hall–Kier alpha value is -1.08. The molecule has 1 heterocycles. The first-order chi connectivity index (χ1) is 10.8. The van der Waals surface area contributed by atoms with Gasteiger partial charge in [-0.3, -0.25) is 4.99 Å². The third-order valence-corrected chi connectivity index (χ3v) is 5.12. The van der Waals surface area contributed by atoms with Crippen LogP contribution in [0.1, 0.15) is 22.8 Å². The van der Waals surface area contributed by atoms with Gasteiger partial charge in [0.1, 0.15) is 0 Å². The molecular formula is C18H24IN3S. The number of thiophene rings is 1. The highest BCUT2D eigenvalue weighted by Crippen LogP contribution is 2.40. The number of benzene rings is 1. The number of halogens is 1. The van der Waals surface area contributed by atoms with Gasteiger partial charge in [0.2, 0.25) is 0 Å². The minimum absolute atomic E-state index is 0. The van der Waals surface area contributed by atoms with Crippen LogP contribution in [0.3, 0.4) is 0 Å². The van der Waals surface area contributed by atoms with Crippen molar-refractivity contribution < 1.29 is 0 Å². The largest absolute Gasteiger partial charge is 0.353 e. The van der Waals surface area contributed by atoms with E-state index in [4.69, 9.17) is 0 Å². The molecule has 124 valence electrons. The highest BCUT2D eigenvalue weighted by Gasteiger charge is 2.39. The maximum absolute atomic E-state index is 4.43. The molecule has 0 amide bonds. The Morgan fingerprint density at radius 1 is 1.26 bits per heavy atom. The Labute approximate surface area is 159 Å². The van der Waals surface area contributed by atoms with Crippen LogP contribution in [0, 0.1) is 0 Å². The van der Waals surface area contributed by atoms with Crippen LogP contribution in [0.5, 0.6) is 0 Å². The third kappa shape index (κ3) is 4.94. The van der Waals surface area contributed by atoms with E-state index in [1.54, 1.807) is 0 Å². The van der Waals surface area contributed by atoms with E-state index >= 15 is 0 Å². The van der Waals surface area contributed by atoms with Crippen molar-refractivity contribution in [2.75, 3.05) is 20.6 Å². The lowest BCUT2D eigenvalue weighted by molar-refractivity contribution is 0.485. The molecule has 2 unspecified atom stereocenters. The highest BCUT2D eigenvalue weighted by molar-refractivity contribution is 14.0. The summed E-state index contributed by atoms with van der Waals surface area (Å²) >= 11 is 1.82. The molecule has 2 aromatic rings. The van der Waals surface area contributed by atoms with E-state index < -0.39 is 0 Å². The summed E-state index contributed by atoms with van der Waals surface area (Å²) in [5.41, 5.74) is 1.43. The molecule has 1 aliphatic carbocycles. The van der Waals surface area contributed by atoms with Crippen molar-refractivity contribution in [3.63, 3.8) is 0 Å². The summed E-state index contributed by atoms with van der Waals surface area (Å²) in [7, 11) is 3.98. The monoisotopic (exact) mass is 441 g/mol. The fraction of sp³-hybridized carbons (Fsp3) is 0.389. The van der Waals surface area contributed by atoms with Crippen molar-refractivity contribution in [1.29, 1.82) is 0 Å². The average Bonchev–Trinajstić information content (AvgIpc) is 3.13. The summed E-state index contributed by atoms with van der Waals surface area (Å²) in [5.74, 6) is 1.63. The average molecular weight is 441 g/mol. The Bertz CT molecular complexity index is 612. The van der Waals surface area contributed by atoms with Crippen LogP contribution in [0.25, 0.3) is 0 Å². The number of hydrogen-bond donors (Lipinski definition) is 1. The van der Waals surface area contributed by atoms with Crippen LogP contribution < -0.4 is 5.32 Å². The van der Waals surface area contributed by atoms with Crippen molar-refractivity contribution >= 4 is 41.3 Å². The Kier molecular flexibility index (Phi) is 6.89. The number of nitrogens with one attached hydrogen (secondary N) is 1. The van der Waals surface area contributed by atoms with Gasteiger partial charge in [-0.15, -0.1) is 35.3 Å². The lowest BCUT2D eigenvalue weighted by Crippen LogP contribution is -2.41. The molecular weight excluding hydrogens is 417 g/mol. The first kappa shape index (κ1) is 18.3. The highest BCUT2D eigenvalue weighted by atomic mass is 127. The van der Waals surface area contributed by atoms with Crippen LogP contribution in [0.2, 0.25) is 0 Å². The van der Waals surface area contributed by atoms with Crippen molar-refractivity contribution in [2.45, 2.75) is 24.8 Å². The van der Waals surface area contributed by atoms with E-state index in [1.165, 1.54) is 16.9 Å². The zero-order chi connectivity index (χ0) is 15.4. The first-order valence-electron chi connectivity index (χ1n) is 7.79. The lowest BCUT2D eigenvalue weighted by Gasteiger charge is -2.22. The lowest BCUT2D eigenvalue weighted by atomic mass is 10.1. The molecule has 2 atom stereocenters. The standard InChI is InChI=1S/C18H23N3S.HI/c1-19-18(21(2)11-10-15-9-6-12-22-15)20-17-13-16(17)14-7-4-3-5-8-14;/h3-9,12,16-17H,10-11,13H2,1-2H3,(H,19,20);1H.